The van der Waals surface area contributed by atoms with Gasteiger partial charge < -0.3 is 9.47 Å². The van der Waals surface area contributed by atoms with E-state index in [1.807, 2.05) is 36.4 Å². The van der Waals surface area contributed by atoms with Gasteiger partial charge >= 0.3 is 0 Å². The Balaban J connectivity index is 1.54. The Morgan fingerprint density at radius 1 is 1.17 bits per heavy atom. The van der Waals surface area contributed by atoms with E-state index in [1.54, 1.807) is 24.3 Å². The summed E-state index contributed by atoms with van der Waals surface area (Å²) in [6.45, 7) is 4.45. The maximum absolute atomic E-state index is 12.4. The maximum atomic E-state index is 12.4. The first kappa shape index (κ1) is 25.6. The molecule has 3 aromatic rings. The number of benzene rings is 2. The number of rotatable bonds is 11. The lowest BCUT2D eigenvalue weighted by Gasteiger charge is -2.11. The second-order valence-electron chi connectivity index (χ2n) is 7.14. The molecule has 0 unspecified atom stereocenters. The van der Waals surface area contributed by atoms with Crippen molar-refractivity contribution in [3.05, 3.63) is 77.9 Å². The van der Waals surface area contributed by atoms with Crippen molar-refractivity contribution in [3.8, 4) is 17.6 Å². The molecule has 11 heteroatoms. The van der Waals surface area contributed by atoms with Gasteiger partial charge in [-0.25, -0.2) is 8.42 Å². The van der Waals surface area contributed by atoms with Gasteiger partial charge in [0.15, 0.2) is 0 Å². The number of ether oxygens (including phenoxy) is 2. The number of carbonyl (C=O) groups is 1. The number of sulfone groups is 1. The van der Waals surface area contributed by atoms with Crippen molar-refractivity contribution in [3.63, 3.8) is 0 Å². The lowest BCUT2D eigenvalue weighted by molar-refractivity contribution is -0.112. The molecule has 1 amide bonds. The van der Waals surface area contributed by atoms with Crippen LogP contribution in [0.15, 0.2) is 71.9 Å². The van der Waals surface area contributed by atoms with Gasteiger partial charge in [-0.05, 0) is 41.8 Å². The summed E-state index contributed by atoms with van der Waals surface area (Å²) in [5.41, 5.74) is 1.48. The van der Waals surface area contributed by atoms with Gasteiger partial charge in [-0.1, -0.05) is 36.4 Å². The monoisotopic (exact) mass is 510 g/mol. The number of allylic oxidation sites excluding steroid dienone is 1. The largest absolute Gasteiger partial charge is 0.490 e. The standard InChI is InChI=1S/C24H22N4O5S2/c1-3-6-18-7-4-5-8-21(18)33-14-13-32-20-11-9-17(10-12-20)15-19(16-25)22(29)26-23-27-24(28-34-23)35(2,30)31/h3-5,7-12,15H,1,6,13-14H2,2H3,(H,26,27,28,29). The molecule has 0 fully saturated rings. The SMILES string of the molecule is C=CCc1ccccc1OCCOc1ccc(C=C(C#N)C(=O)Nc2nc(S(C)(=O)=O)ns2)cc1. The Morgan fingerprint density at radius 3 is 2.54 bits per heavy atom. The molecule has 0 atom stereocenters. The fourth-order valence-corrected chi connectivity index (χ4v) is 4.27. The zero-order chi connectivity index (χ0) is 25.3. The van der Waals surface area contributed by atoms with E-state index in [0.29, 0.717) is 36.1 Å². The summed E-state index contributed by atoms with van der Waals surface area (Å²) in [4.78, 5) is 16.1. The second kappa shape index (κ2) is 11.9. The third-order valence-electron chi connectivity index (χ3n) is 4.46. The first-order chi connectivity index (χ1) is 16.8. The summed E-state index contributed by atoms with van der Waals surface area (Å²) < 4.78 is 38.1. The normalized spacial score (nSPS) is 11.4. The van der Waals surface area contributed by atoms with Crippen LogP contribution in [0.1, 0.15) is 11.1 Å². The number of carbonyl (C=O) groups excluding carboxylic acids is 1. The van der Waals surface area contributed by atoms with Gasteiger partial charge in [-0.2, -0.15) is 14.6 Å². The van der Waals surface area contributed by atoms with E-state index in [9.17, 15) is 18.5 Å². The zero-order valence-electron chi connectivity index (χ0n) is 18.8. The Labute approximate surface area is 207 Å². The third kappa shape index (κ3) is 7.49. The van der Waals surface area contributed by atoms with Gasteiger partial charge in [0.1, 0.15) is 36.4 Å². The predicted octanol–water partition coefficient (Wildman–Crippen LogP) is 3.67. The van der Waals surface area contributed by atoms with Crippen LogP contribution in [-0.2, 0) is 21.1 Å². The van der Waals surface area contributed by atoms with Crippen molar-refractivity contribution in [1.82, 2.24) is 9.36 Å². The molecule has 0 saturated heterocycles. The van der Waals surface area contributed by atoms with Crippen molar-refractivity contribution in [2.24, 2.45) is 0 Å². The van der Waals surface area contributed by atoms with Gasteiger partial charge in [-0.3, -0.25) is 10.1 Å². The lowest BCUT2D eigenvalue weighted by Crippen LogP contribution is -2.13. The smallest absolute Gasteiger partial charge is 0.268 e. The highest BCUT2D eigenvalue weighted by molar-refractivity contribution is 7.90. The van der Waals surface area contributed by atoms with Crippen LogP contribution >= 0.6 is 11.5 Å². The van der Waals surface area contributed by atoms with Crippen molar-refractivity contribution in [2.45, 2.75) is 11.6 Å². The minimum absolute atomic E-state index is 0.0188. The molecular weight excluding hydrogens is 488 g/mol. The van der Waals surface area contributed by atoms with E-state index in [4.69, 9.17) is 9.47 Å². The van der Waals surface area contributed by atoms with Crippen molar-refractivity contribution >= 4 is 38.5 Å². The Kier molecular flexibility index (Phi) is 8.72. The fourth-order valence-electron chi connectivity index (χ4n) is 2.83. The average molecular weight is 511 g/mol. The third-order valence-corrected chi connectivity index (χ3v) is 6.05. The highest BCUT2D eigenvalue weighted by Gasteiger charge is 2.17. The van der Waals surface area contributed by atoms with Gasteiger partial charge in [0.05, 0.1) is 0 Å². The summed E-state index contributed by atoms with van der Waals surface area (Å²) in [7, 11) is -3.59. The molecule has 1 heterocycles. The molecule has 3 rings (SSSR count). The first-order valence-electron chi connectivity index (χ1n) is 10.3. The van der Waals surface area contributed by atoms with E-state index in [-0.39, 0.29) is 15.9 Å². The number of para-hydroxylation sites is 1. The lowest BCUT2D eigenvalue weighted by atomic mass is 10.1. The first-order valence-corrected chi connectivity index (χ1v) is 13.0. The van der Waals surface area contributed by atoms with Crippen LogP contribution in [0.4, 0.5) is 5.13 Å². The number of amides is 1. The molecule has 0 aliphatic rings. The molecule has 9 nitrogen and oxygen atoms in total. The van der Waals surface area contributed by atoms with E-state index in [1.165, 1.54) is 6.08 Å². The molecule has 2 aromatic carbocycles. The summed E-state index contributed by atoms with van der Waals surface area (Å²) in [6.07, 6.45) is 4.90. The van der Waals surface area contributed by atoms with Crippen molar-refractivity contribution in [2.75, 3.05) is 24.8 Å². The van der Waals surface area contributed by atoms with E-state index < -0.39 is 15.7 Å². The van der Waals surface area contributed by atoms with E-state index in [0.717, 1.165) is 24.0 Å². The van der Waals surface area contributed by atoms with Crippen LogP contribution in [0.25, 0.3) is 6.08 Å². The van der Waals surface area contributed by atoms with Gasteiger partial charge in [0.2, 0.25) is 15.0 Å². The summed E-state index contributed by atoms with van der Waals surface area (Å²) in [6, 6.07) is 16.4. The number of hydrogen-bond acceptors (Lipinski definition) is 9. The van der Waals surface area contributed by atoms with Gasteiger partial charge in [-0.15, -0.1) is 6.58 Å². The second-order valence-corrected chi connectivity index (χ2v) is 9.81. The Hall–Kier alpha value is -4.01. The van der Waals surface area contributed by atoms with Crippen LogP contribution in [0.5, 0.6) is 11.5 Å². The molecule has 0 radical (unpaired) electrons. The molecule has 1 aromatic heterocycles. The summed E-state index contributed by atoms with van der Waals surface area (Å²) in [5.74, 6) is 0.674. The van der Waals surface area contributed by atoms with Crippen LogP contribution in [-0.4, -0.2) is 43.2 Å². The highest BCUT2D eigenvalue weighted by atomic mass is 32.2. The van der Waals surface area contributed by atoms with E-state index >= 15 is 0 Å². The molecule has 0 saturated carbocycles. The number of nitriles is 1. The summed E-state index contributed by atoms with van der Waals surface area (Å²) in [5, 5.41) is 11.3. The quantitative estimate of drug-likeness (QED) is 0.179. The minimum Gasteiger partial charge on any atom is -0.490 e. The topological polar surface area (TPSA) is 131 Å². The van der Waals surface area contributed by atoms with Crippen LogP contribution in [0, 0.1) is 11.3 Å². The molecule has 0 aliphatic carbocycles. The average Bonchev–Trinajstić information content (AvgIpc) is 3.31. The molecular formula is C24H22N4O5S2. The van der Waals surface area contributed by atoms with Crippen LogP contribution in [0.2, 0.25) is 0 Å². The zero-order valence-corrected chi connectivity index (χ0v) is 20.4. The number of aromatic nitrogens is 2. The molecule has 0 spiro atoms. The van der Waals surface area contributed by atoms with Crippen LogP contribution in [0.3, 0.4) is 0 Å². The number of hydrogen-bond donors (Lipinski definition) is 1. The maximum Gasteiger partial charge on any atom is 0.268 e. The molecule has 35 heavy (non-hydrogen) atoms. The molecule has 0 bridgehead atoms. The highest BCUT2D eigenvalue weighted by Crippen LogP contribution is 2.20. The van der Waals surface area contributed by atoms with Crippen LogP contribution < -0.4 is 14.8 Å². The predicted molar refractivity (Wildman–Crippen MR) is 133 cm³/mol. The van der Waals surface area contributed by atoms with Crippen molar-refractivity contribution in [1.29, 1.82) is 5.26 Å². The van der Waals surface area contributed by atoms with E-state index in [2.05, 4.69) is 21.3 Å². The van der Waals surface area contributed by atoms with Gasteiger partial charge in [0.25, 0.3) is 11.1 Å². The summed E-state index contributed by atoms with van der Waals surface area (Å²) >= 11 is 0.712. The number of nitrogens with zero attached hydrogens (tertiary/aromatic N) is 3. The molecule has 0 aliphatic heterocycles. The van der Waals surface area contributed by atoms with Gasteiger partial charge in [0, 0.05) is 17.8 Å². The Bertz CT molecular complexity index is 1370. The van der Waals surface area contributed by atoms with Crippen molar-refractivity contribution < 1.29 is 22.7 Å². The number of nitrogens with one attached hydrogen (secondary N) is 1. The number of anilines is 1. The Morgan fingerprint density at radius 2 is 1.89 bits per heavy atom. The molecule has 180 valence electrons. The minimum atomic E-state index is -3.59. The molecule has 1 N–H and O–H groups in total. The fraction of sp³-hybridized carbons (Fsp3) is 0.167.